The van der Waals surface area contributed by atoms with Crippen LogP contribution in [0.3, 0.4) is 0 Å². The highest BCUT2D eigenvalue weighted by molar-refractivity contribution is 6.18. The number of aliphatic imine (C=N–C) groups is 2. The predicted octanol–water partition coefficient (Wildman–Crippen LogP) is 14.8. The van der Waals surface area contributed by atoms with E-state index in [0.717, 1.165) is 64.4 Å². The van der Waals surface area contributed by atoms with Crippen LogP contribution in [0.1, 0.15) is 71.7 Å². The van der Waals surface area contributed by atoms with E-state index in [0.29, 0.717) is 0 Å². The maximum Gasteiger partial charge on any atom is 0.161 e. The normalized spacial score (nSPS) is 21.1. The van der Waals surface area contributed by atoms with Crippen molar-refractivity contribution in [3.63, 3.8) is 0 Å². The zero-order chi connectivity index (χ0) is 45.3. The van der Waals surface area contributed by atoms with Crippen molar-refractivity contribution in [3.05, 3.63) is 238 Å². The Kier molecular flexibility index (Phi) is 10.0. The zero-order valence-electron chi connectivity index (χ0n) is 39.0. The summed E-state index contributed by atoms with van der Waals surface area (Å²) < 4.78 is 2.50. The minimum absolute atomic E-state index is 0.132. The van der Waals surface area contributed by atoms with Crippen LogP contribution in [-0.2, 0) is 0 Å². The molecule has 12 rings (SSSR count). The van der Waals surface area contributed by atoms with Gasteiger partial charge in [-0.15, -0.1) is 0 Å². The van der Waals surface area contributed by atoms with E-state index in [-0.39, 0.29) is 24.0 Å². The molecule has 3 aliphatic carbocycles. The molecule has 0 saturated heterocycles. The Bertz CT molecular complexity index is 3350. The van der Waals surface area contributed by atoms with E-state index in [1.54, 1.807) is 0 Å². The molecule has 0 amide bonds. The van der Waals surface area contributed by atoms with E-state index in [9.17, 15) is 0 Å². The first-order valence-corrected chi connectivity index (χ1v) is 24.0. The van der Waals surface area contributed by atoms with Gasteiger partial charge in [-0.25, -0.2) is 9.98 Å². The molecule has 0 saturated carbocycles. The summed E-state index contributed by atoms with van der Waals surface area (Å²) in [6.07, 6.45) is 21.4. The van der Waals surface area contributed by atoms with Crippen molar-refractivity contribution in [2.24, 2.45) is 15.9 Å². The summed E-state index contributed by atoms with van der Waals surface area (Å²) in [5, 5.41) is 2.50. The summed E-state index contributed by atoms with van der Waals surface area (Å²) in [6, 6.07) is 49.4. The lowest BCUT2D eigenvalue weighted by Gasteiger charge is -2.39. The average Bonchev–Trinajstić information content (AvgIpc) is 3.84. The third kappa shape index (κ3) is 6.90. The molecule has 5 heteroatoms. The van der Waals surface area contributed by atoms with Gasteiger partial charge in [0.15, 0.2) is 5.84 Å². The average molecular weight is 870 g/mol. The second kappa shape index (κ2) is 16.4. The highest BCUT2D eigenvalue weighted by Gasteiger charge is 2.43. The Morgan fingerprint density at radius 2 is 1.37 bits per heavy atom. The summed E-state index contributed by atoms with van der Waals surface area (Å²) in [5.41, 5.74) is 19.5. The highest BCUT2D eigenvalue weighted by atomic mass is 15.3. The quantitative estimate of drug-likeness (QED) is 0.160. The van der Waals surface area contributed by atoms with Crippen molar-refractivity contribution in [3.8, 4) is 16.8 Å². The number of aryl methyl sites for hydroxylation is 3. The lowest BCUT2D eigenvalue weighted by molar-refractivity contribution is 0.382. The molecule has 1 aromatic heterocycles. The number of anilines is 1. The molecule has 2 aliphatic heterocycles. The molecule has 0 spiro atoms. The fourth-order valence-electron chi connectivity index (χ4n) is 11.5. The largest absolute Gasteiger partial charge is 0.333 e. The number of allylic oxidation sites excluding steroid dienone is 8. The molecule has 0 radical (unpaired) electrons. The topological polar surface area (TPSA) is 36.1 Å². The molecule has 328 valence electrons. The van der Waals surface area contributed by atoms with Gasteiger partial charge in [-0.05, 0) is 106 Å². The third-order valence-corrected chi connectivity index (χ3v) is 14.6. The van der Waals surface area contributed by atoms with Crippen LogP contribution in [0, 0.1) is 26.7 Å². The number of hydrogen-bond donors (Lipinski definition) is 0. The number of rotatable bonds is 7. The Hall–Kier alpha value is -7.50. The summed E-state index contributed by atoms with van der Waals surface area (Å²) >= 11 is 0. The van der Waals surface area contributed by atoms with Crippen molar-refractivity contribution in [1.29, 1.82) is 0 Å². The van der Waals surface area contributed by atoms with Gasteiger partial charge in [-0.1, -0.05) is 168 Å². The van der Waals surface area contributed by atoms with Crippen molar-refractivity contribution in [1.82, 2.24) is 9.47 Å². The lowest BCUT2D eigenvalue weighted by Crippen LogP contribution is -2.39. The van der Waals surface area contributed by atoms with Gasteiger partial charge in [0.2, 0.25) is 0 Å². The molecule has 4 atom stereocenters. The Balaban J connectivity index is 1.13. The van der Waals surface area contributed by atoms with Gasteiger partial charge < -0.3 is 14.4 Å². The molecule has 0 bridgehead atoms. The van der Waals surface area contributed by atoms with Gasteiger partial charge in [0, 0.05) is 52.0 Å². The number of para-hydroxylation sites is 1. The Labute approximate surface area is 394 Å². The van der Waals surface area contributed by atoms with Crippen LogP contribution < -0.4 is 4.90 Å². The Morgan fingerprint density at radius 1 is 0.672 bits per heavy atom. The smallest absolute Gasteiger partial charge is 0.161 e. The van der Waals surface area contributed by atoms with Crippen LogP contribution in [0.5, 0.6) is 0 Å². The Morgan fingerprint density at radius 3 is 2.10 bits per heavy atom. The summed E-state index contributed by atoms with van der Waals surface area (Å²) in [4.78, 5) is 16.6. The SMILES string of the molecule is CC1=CC2c3cc(C)ccc3N(C3=C(C4C=CC=CC4)CCC=C3C3=NC(c4ccccc4)N(C)C(c4cccc(-c5ccccc5)c4-n4c5ccc(C)cc5c5cc(C)ccc54)=N3)C2C=C1. The van der Waals surface area contributed by atoms with Gasteiger partial charge in [-0.3, -0.25) is 0 Å². The molecule has 4 unspecified atom stereocenters. The molecular formula is C62H55N5. The highest BCUT2D eigenvalue weighted by Crippen LogP contribution is 2.51. The first kappa shape index (κ1) is 41.0. The molecular weight excluding hydrogens is 815 g/mol. The molecule has 0 N–H and O–H groups in total. The fourth-order valence-corrected chi connectivity index (χ4v) is 11.5. The number of aromatic nitrogens is 1. The first-order chi connectivity index (χ1) is 32.8. The van der Waals surface area contributed by atoms with Gasteiger partial charge in [0.05, 0.1) is 28.5 Å². The van der Waals surface area contributed by atoms with Gasteiger partial charge in [-0.2, -0.15) is 0 Å². The summed E-state index contributed by atoms with van der Waals surface area (Å²) in [5.74, 6) is 2.19. The molecule has 6 aromatic carbocycles. The minimum Gasteiger partial charge on any atom is -0.333 e. The summed E-state index contributed by atoms with van der Waals surface area (Å²) in [7, 11) is 2.18. The van der Waals surface area contributed by atoms with E-state index >= 15 is 0 Å². The maximum absolute atomic E-state index is 5.90. The van der Waals surface area contributed by atoms with Crippen LogP contribution in [0.25, 0.3) is 38.6 Å². The number of nitrogens with zero attached hydrogens (tertiary/aromatic N) is 5. The van der Waals surface area contributed by atoms with Gasteiger partial charge >= 0.3 is 0 Å². The van der Waals surface area contributed by atoms with E-state index in [1.165, 1.54) is 66.6 Å². The van der Waals surface area contributed by atoms with E-state index < -0.39 is 0 Å². The molecule has 5 nitrogen and oxygen atoms in total. The standard InChI is InChI=1S/C62H55N5/c1-39-27-31-54-50(35-39)51-36-40(2)28-32-55(51)66(54)58-46(43-17-9-6-10-18-43)23-15-25-48(58)60-63-61(45-21-13-8-14-22-45)65(5)62(64-60)49-26-16-24-47(44-19-11-7-12-20-44)59(49)67-56-33-29-41(3)37-52(56)53-38-42(4)30-34-57(53)67/h6-14,16-17,19-22,24-38,43,50,54,61H,15,18,23H2,1-5H3. The number of amidine groups is 2. The van der Waals surface area contributed by atoms with Crippen molar-refractivity contribution in [2.75, 3.05) is 11.9 Å². The van der Waals surface area contributed by atoms with Crippen molar-refractivity contribution < 1.29 is 0 Å². The lowest BCUT2D eigenvalue weighted by atomic mass is 9.82. The van der Waals surface area contributed by atoms with Gasteiger partial charge in [0.25, 0.3) is 0 Å². The van der Waals surface area contributed by atoms with E-state index in [2.05, 4.69) is 231 Å². The van der Waals surface area contributed by atoms with E-state index in [1.807, 2.05) is 0 Å². The number of hydrogen-bond acceptors (Lipinski definition) is 4. The van der Waals surface area contributed by atoms with Crippen molar-refractivity contribution in [2.45, 2.75) is 65.1 Å². The zero-order valence-corrected chi connectivity index (χ0v) is 39.0. The molecule has 7 aromatic rings. The molecule has 3 heterocycles. The second-order valence-corrected chi connectivity index (χ2v) is 19.1. The van der Waals surface area contributed by atoms with Crippen LogP contribution in [0.2, 0.25) is 0 Å². The van der Waals surface area contributed by atoms with Crippen LogP contribution in [0.15, 0.2) is 214 Å². The van der Waals surface area contributed by atoms with Gasteiger partial charge in [0.1, 0.15) is 12.0 Å². The minimum atomic E-state index is -0.327. The first-order valence-electron chi connectivity index (χ1n) is 24.0. The van der Waals surface area contributed by atoms with Crippen molar-refractivity contribution >= 4 is 39.2 Å². The fraction of sp³-hybridized carbons (Fsp3) is 0.194. The van der Waals surface area contributed by atoms with Crippen LogP contribution in [-0.4, -0.2) is 34.2 Å². The molecule has 0 fully saturated rings. The third-order valence-electron chi connectivity index (χ3n) is 14.6. The predicted molar refractivity (Wildman–Crippen MR) is 280 cm³/mol. The van der Waals surface area contributed by atoms with Crippen LogP contribution in [0.4, 0.5) is 5.69 Å². The number of benzene rings is 6. The maximum atomic E-state index is 5.90. The van der Waals surface area contributed by atoms with Crippen LogP contribution >= 0.6 is 0 Å². The summed E-state index contributed by atoms with van der Waals surface area (Å²) in [6.45, 7) is 8.84. The monoisotopic (exact) mass is 869 g/mol. The number of fused-ring (bicyclic) bond motifs is 6. The van der Waals surface area contributed by atoms with E-state index in [4.69, 9.17) is 9.98 Å². The second-order valence-electron chi connectivity index (χ2n) is 19.1. The molecule has 5 aliphatic rings. The molecule has 67 heavy (non-hydrogen) atoms.